The van der Waals surface area contributed by atoms with Crippen molar-refractivity contribution >= 4 is 5.91 Å². The minimum atomic E-state index is -4.60. The fourth-order valence-corrected chi connectivity index (χ4v) is 1.90. The van der Waals surface area contributed by atoms with Gasteiger partial charge in [0.2, 0.25) is 5.91 Å². The zero-order chi connectivity index (χ0) is 16.2. The Labute approximate surface area is 124 Å². The molecule has 1 aromatic heterocycles. The van der Waals surface area contributed by atoms with Crippen LogP contribution in [0.1, 0.15) is 11.6 Å². The molecule has 1 heterocycles. The van der Waals surface area contributed by atoms with Crippen molar-refractivity contribution in [2.45, 2.75) is 18.8 Å². The third kappa shape index (κ3) is 4.00. The van der Waals surface area contributed by atoms with E-state index >= 15 is 0 Å². The van der Waals surface area contributed by atoms with Crippen molar-refractivity contribution in [1.29, 1.82) is 0 Å². The maximum absolute atomic E-state index is 13.2. The zero-order valence-electron chi connectivity index (χ0n) is 11.7. The van der Waals surface area contributed by atoms with E-state index < -0.39 is 18.1 Å². The van der Waals surface area contributed by atoms with Crippen LogP contribution in [0.25, 0.3) is 0 Å². The summed E-state index contributed by atoms with van der Waals surface area (Å²) in [4.78, 5) is 15.5. The number of aromatic nitrogens is 2. The number of methoxy groups -OCH3 is 1. The fraction of sp³-hybridized carbons (Fsp3) is 0.286. The Kier molecular flexibility index (Phi) is 4.69. The summed E-state index contributed by atoms with van der Waals surface area (Å²) in [6, 6.07) is 3.30. The molecule has 0 bridgehead atoms. The van der Waals surface area contributed by atoms with E-state index in [0.29, 0.717) is 5.75 Å². The number of nitrogens with one attached hydrogen (secondary N) is 1. The largest absolute Gasteiger partial charge is 0.497 e. The first-order valence-electron chi connectivity index (χ1n) is 6.36. The third-order valence-corrected chi connectivity index (χ3v) is 2.97. The quantitative estimate of drug-likeness (QED) is 0.921. The maximum Gasteiger partial charge on any atom is 0.412 e. The van der Waals surface area contributed by atoms with E-state index in [1.807, 2.05) is 5.32 Å². The van der Waals surface area contributed by atoms with Crippen LogP contribution in [0.2, 0.25) is 0 Å². The molecule has 0 radical (unpaired) electrons. The SMILES string of the molecule is COc1ccc(C(NC(=O)Cn2ccnc2)C(F)(F)F)cc1. The summed E-state index contributed by atoms with van der Waals surface area (Å²) in [6.07, 6.45) is -0.303. The molecule has 1 aromatic carbocycles. The van der Waals surface area contributed by atoms with Crippen LogP contribution < -0.4 is 10.1 Å². The summed E-state index contributed by atoms with van der Waals surface area (Å²) in [5.41, 5.74) is -0.0627. The molecule has 0 aliphatic heterocycles. The van der Waals surface area contributed by atoms with Crippen LogP contribution in [-0.2, 0) is 11.3 Å². The number of rotatable bonds is 5. The van der Waals surface area contributed by atoms with Crippen molar-refractivity contribution in [3.8, 4) is 5.75 Å². The summed E-state index contributed by atoms with van der Waals surface area (Å²) in [5.74, 6) is -0.314. The van der Waals surface area contributed by atoms with Crippen LogP contribution in [-0.4, -0.2) is 28.7 Å². The number of benzene rings is 1. The number of hydrogen-bond acceptors (Lipinski definition) is 3. The van der Waals surface area contributed by atoms with E-state index in [9.17, 15) is 18.0 Å². The minimum Gasteiger partial charge on any atom is -0.497 e. The van der Waals surface area contributed by atoms with Crippen molar-refractivity contribution in [3.05, 3.63) is 48.5 Å². The van der Waals surface area contributed by atoms with Crippen molar-refractivity contribution < 1.29 is 22.7 Å². The molecule has 1 unspecified atom stereocenters. The normalized spacial score (nSPS) is 12.7. The average molecular weight is 313 g/mol. The second-order valence-electron chi connectivity index (χ2n) is 4.55. The molecule has 2 rings (SSSR count). The highest BCUT2D eigenvalue weighted by Crippen LogP contribution is 2.33. The van der Waals surface area contributed by atoms with Gasteiger partial charge in [0.25, 0.3) is 0 Å². The Balaban J connectivity index is 2.13. The van der Waals surface area contributed by atoms with Gasteiger partial charge in [-0.05, 0) is 17.7 Å². The van der Waals surface area contributed by atoms with Crippen molar-refractivity contribution in [2.24, 2.45) is 0 Å². The molecule has 1 atom stereocenters. The molecule has 0 aliphatic carbocycles. The fourth-order valence-electron chi connectivity index (χ4n) is 1.90. The molecular weight excluding hydrogens is 299 g/mol. The predicted octanol–water partition coefficient (Wildman–Crippen LogP) is 2.31. The average Bonchev–Trinajstić information content (AvgIpc) is 2.96. The number of carbonyl (C=O) groups excluding carboxylic acids is 1. The number of nitrogens with zero attached hydrogens (tertiary/aromatic N) is 2. The molecule has 8 heteroatoms. The van der Waals surface area contributed by atoms with Crippen LogP contribution >= 0.6 is 0 Å². The van der Waals surface area contributed by atoms with Gasteiger partial charge in [0.1, 0.15) is 12.3 Å². The molecule has 0 spiro atoms. The standard InChI is InChI=1S/C14H14F3N3O2/c1-22-11-4-2-10(3-5-11)13(14(15,16)17)19-12(21)8-20-7-6-18-9-20/h2-7,9,13H,8H2,1H3,(H,19,21). The molecule has 1 N–H and O–H groups in total. The Hall–Kier alpha value is -2.51. The van der Waals surface area contributed by atoms with Gasteiger partial charge in [-0.3, -0.25) is 4.79 Å². The molecule has 0 fully saturated rings. The highest BCUT2D eigenvalue weighted by atomic mass is 19.4. The molecule has 0 aliphatic rings. The molecule has 22 heavy (non-hydrogen) atoms. The molecule has 1 amide bonds. The molecular formula is C14H14F3N3O2. The number of hydrogen-bond donors (Lipinski definition) is 1. The first-order valence-corrected chi connectivity index (χ1v) is 6.36. The van der Waals surface area contributed by atoms with E-state index in [4.69, 9.17) is 4.74 Å². The molecule has 118 valence electrons. The minimum absolute atomic E-state index is 0.0627. The summed E-state index contributed by atoms with van der Waals surface area (Å²) in [6.45, 7) is -0.233. The number of amides is 1. The second-order valence-corrected chi connectivity index (χ2v) is 4.55. The molecule has 2 aromatic rings. The Bertz CT molecular complexity index is 609. The second kappa shape index (κ2) is 6.50. The topological polar surface area (TPSA) is 56.1 Å². The number of halogens is 3. The van der Waals surface area contributed by atoms with E-state index in [-0.39, 0.29) is 12.1 Å². The smallest absolute Gasteiger partial charge is 0.412 e. The van der Waals surface area contributed by atoms with Gasteiger partial charge in [-0.25, -0.2) is 4.98 Å². The number of ether oxygens (including phenoxy) is 1. The summed E-state index contributed by atoms with van der Waals surface area (Å²) in [7, 11) is 1.42. The third-order valence-electron chi connectivity index (χ3n) is 2.97. The lowest BCUT2D eigenvalue weighted by molar-refractivity contribution is -0.163. The summed E-state index contributed by atoms with van der Waals surface area (Å²) >= 11 is 0. The zero-order valence-corrected chi connectivity index (χ0v) is 11.7. The molecule has 0 saturated carbocycles. The van der Waals surface area contributed by atoms with Gasteiger partial charge in [-0.15, -0.1) is 0 Å². The number of carbonyl (C=O) groups is 1. The van der Waals surface area contributed by atoms with Crippen molar-refractivity contribution in [2.75, 3.05) is 7.11 Å². The maximum atomic E-state index is 13.2. The van der Waals surface area contributed by atoms with Crippen LogP contribution in [0.4, 0.5) is 13.2 Å². The summed E-state index contributed by atoms with van der Waals surface area (Å²) in [5, 5.41) is 2.00. The first-order chi connectivity index (χ1) is 10.4. The van der Waals surface area contributed by atoms with Gasteiger partial charge >= 0.3 is 6.18 Å². The Morgan fingerprint density at radius 1 is 1.36 bits per heavy atom. The van der Waals surface area contributed by atoms with Gasteiger partial charge in [0, 0.05) is 12.4 Å². The predicted molar refractivity (Wildman–Crippen MR) is 72.2 cm³/mol. The van der Waals surface area contributed by atoms with Gasteiger partial charge < -0.3 is 14.6 Å². The monoisotopic (exact) mass is 313 g/mol. The van der Waals surface area contributed by atoms with Gasteiger partial charge in [-0.2, -0.15) is 13.2 Å². The Morgan fingerprint density at radius 2 is 2.05 bits per heavy atom. The van der Waals surface area contributed by atoms with Gasteiger partial charge in [-0.1, -0.05) is 12.1 Å². The lowest BCUT2D eigenvalue weighted by atomic mass is 10.1. The van der Waals surface area contributed by atoms with E-state index in [1.165, 1.54) is 54.7 Å². The number of alkyl halides is 3. The van der Waals surface area contributed by atoms with Crippen LogP contribution in [0.5, 0.6) is 5.75 Å². The van der Waals surface area contributed by atoms with Crippen molar-refractivity contribution in [1.82, 2.24) is 14.9 Å². The number of imidazole rings is 1. The van der Waals surface area contributed by atoms with Crippen LogP contribution in [0.15, 0.2) is 43.0 Å². The lowest BCUT2D eigenvalue weighted by Crippen LogP contribution is -2.39. The molecule has 5 nitrogen and oxygen atoms in total. The van der Waals surface area contributed by atoms with Crippen molar-refractivity contribution in [3.63, 3.8) is 0 Å². The summed E-state index contributed by atoms with van der Waals surface area (Å²) < 4.78 is 45.8. The van der Waals surface area contributed by atoms with Crippen LogP contribution in [0, 0.1) is 0 Å². The van der Waals surface area contributed by atoms with Gasteiger partial charge in [0.15, 0.2) is 6.04 Å². The van der Waals surface area contributed by atoms with Crippen LogP contribution in [0.3, 0.4) is 0 Å². The molecule has 0 saturated heterocycles. The van der Waals surface area contributed by atoms with E-state index in [0.717, 1.165) is 0 Å². The highest BCUT2D eigenvalue weighted by molar-refractivity contribution is 5.76. The van der Waals surface area contributed by atoms with Gasteiger partial charge in [0.05, 0.1) is 13.4 Å². The first kappa shape index (κ1) is 15.9. The van der Waals surface area contributed by atoms with E-state index in [2.05, 4.69) is 4.98 Å². The lowest BCUT2D eigenvalue weighted by Gasteiger charge is -2.22. The van der Waals surface area contributed by atoms with E-state index in [1.54, 1.807) is 0 Å². The highest BCUT2D eigenvalue weighted by Gasteiger charge is 2.41. The Morgan fingerprint density at radius 3 is 2.55 bits per heavy atom.